The normalized spacial score (nSPS) is 21.7. The number of ether oxygens (including phenoxy) is 2. The van der Waals surface area contributed by atoms with E-state index in [9.17, 15) is 5.11 Å². The molecule has 2 aromatic carbocycles. The molecule has 7 rings (SSSR count). The van der Waals surface area contributed by atoms with Crippen LogP contribution in [-0.4, -0.2) is 76.4 Å². The van der Waals surface area contributed by atoms with Gasteiger partial charge in [-0.15, -0.1) is 0 Å². The minimum Gasteiger partial charge on any atom is -0.480 e. The minimum absolute atomic E-state index is 0.288. The van der Waals surface area contributed by atoms with E-state index in [0.717, 1.165) is 85.5 Å². The van der Waals surface area contributed by atoms with Crippen LogP contribution >= 0.6 is 23.2 Å². The van der Waals surface area contributed by atoms with Crippen LogP contribution < -0.4 is 20.1 Å². The summed E-state index contributed by atoms with van der Waals surface area (Å²) in [5, 5.41) is 17.3. The van der Waals surface area contributed by atoms with Crippen LogP contribution in [0.15, 0.2) is 61.1 Å². The Kier molecular flexibility index (Phi) is 10.3. The zero-order valence-electron chi connectivity index (χ0n) is 28.5. The lowest BCUT2D eigenvalue weighted by molar-refractivity contribution is 0.0232. The highest BCUT2D eigenvalue weighted by Gasteiger charge is 2.48. The van der Waals surface area contributed by atoms with Crippen LogP contribution in [0, 0.1) is 11.3 Å². The van der Waals surface area contributed by atoms with E-state index in [4.69, 9.17) is 47.6 Å². The van der Waals surface area contributed by atoms with Crippen molar-refractivity contribution in [2.24, 2.45) is 11.3 Å². The van der Waals surface area contributed by atoms with Gasteiger partial charge in [0.15, 0.2) is 0 Å². The van der Waals surface area contributed by atoms with Crippen molar-refractivity contribution in [1.29, 1.82) is 0 Å². The second kappa shape index (κ2) is 14.8. The first kappa shape index (κ1) is 34.6. The lowest BCUT2D eigenvalue weighted by Gasteiger charge is -2.44. The van der Waals surface area contributed by atoms with Gasteiger partial charge < -0.3 is 25.2 Å². The molecule has 50 heavy (non-hydrogen) atoms. The molecule has 3 fully saturated rings. The second-order valence-electron chi connectivity index (χ2n) is 13.8. The summed E-state index contributed by atoms with van der Waals surface area (Å²) in [6.07, 6.45) is 8.91. The Morgan fingerprint density at radius 2 is 1.54 bits per heavy atom. The predicted octanol–water partition coefficient (Wildman–Crippen LogP) is 6.54. The molecule has 2 aromatic heterocycles. The maximum Gasteiger partial charge on any atom is 0.237 e. The molecule has 2 aliphatic heterocycles. The number of nitrogens with one attached hydrogen (secondary N) is 2. The van der Waals surface area contributed by atoms with Crippen molar-refractivity contribution in [3.05, 3.63) is 82.5 Å². The van der Waals surface area contributed by atoms with Gasteiger partial charge in [0.2, 0.25) is 11.8 Å². The van der Waals surface area contributed by atoms with E-state index in [2.05, 4.69) is 27.1 Å². The molecule has 3 N–H and O–H groups in total. The number of benzene rings is 2. The van der Waals surface area contributed by atoms with Crippen LogP contribution in [0.2, 0.25) is 10.0 Å². The number of aliphatic hydroxyl groups is 1. The largest absolute Gasteiger partial charge is 0.480 e. The number of likely N-dealkylation sites (tertiary alicyclic amines) is 1. The zero-order valence-corrected chi connectivity index (χ0v) is 30.0. The van der Waals surface area contributed by atoms with Gasteiger partial charge in [0.05, 0.1) is 48.0 Å². The molecule has 2 saturated heterocycles. The minimum atomic E-state index is 0.288. The summed E-state index contributed by atoms with van der Waals surface area (Å²) in [6, 6.07) is 11.9. The highest BCUT2D eigenvalue weighted by atomic mass is 35.5. The van der Waals surface area contributed by atoms with Gasteiger partial charge in [-0.3, -0.25) is 14.9 Å². The fraction of sp³-hybridized carbons (Fsp3) is 0.421. The van der Waals surface area contributed by atoms with Crippen molar-refractivity contribution in [3.63, 3.8) is 0 Å². The van der Waals surface area contributed by atoms with Crippen LogP contribution in [0.5, 0.6) is 11.8 Å². The molecule has 12 heteroatoms. The molecule has 1 aliphatic carbocycles. The van der Waals surface area contributed by atoms with Crippen molar-refractivity contribution in [2.45, 2.75) is 51.2 Å². The number of halogens is 2. The quantitative estimate of drug-likeness (QED) is 0.149. The molecule has 0 amide bonds. The highest BCUT2D eigenvalue weighted by molar-refractivity contribution is 6.39. The summed E-state index contributed by atoms with van der Waals surface area (Å²) in [4.78, 5) is 21.5. The molecule has 1 saturated carbocycles. The average Bonchev–Trinajstić information content (AvgIpc) is 3.74. The van der Waals surface area contributed by atoms with Crippen LogP contribution in [-0.2, 0) is 13.1 Å². The smallest absolute Gasteiger partial charge is 0.237 e. The fourth-order valence-corrected chi connectivity index (χ4v) is 8.44. The number of aliphatic hydroxyl groups excluding tert-OH is 1. The third-order valence-electron chi connectivity index (χ3n) is 10.3. The highest BCUT2D eigenvalue weighted by Crippen LogP contribution is 2.52. The second-order valence-corrected chi connectivity index (χ2v) is 14.5. The van der Waals surface area contributed by atoms with E-state index in [1.54, 1.807) is 26.6 Å². The molecular formula is C38H43Cl2N7O3. The van der Waals surface area contributed by atoms with Crippen LogP contribution in [0.3, 0.4) is 0 Å². The molecule has 0 bridgehead atoms. The van der Waals surface area contributed by atoms with E-state index in [-0.39, 0.29) is 6.61 Å². The van der Waals surface area contributed by atoms with Gasteiger partial charge in [-0.2, -0.15) is 0 Å². The van der Waals surface area contributed by atoms with Crippen LogP contribution in [0.1, 0.15) is 43.5 Å². The Labute approximate surface area is 303 Å². The third kappa shape index (κ3) is 7.05. The maximum absolute atomic E-state index is 9.49. The van der Waals surface area contributed by atoms with Gasteiger partial charge in [-0.05, 0) is 50.0 Å². The third-order valence-corrected chi connectivity index (χ3v) is 11.1. The maximum atomic E-state index is 9.49. The van der Waals surface area contributed by atoms with Crippen molar-refractivity contribution in [1.82, 2.24) is 35.5 Å². The molecule has 4 aromatic rings. The van der Waals surface area contributed by atoms with Crippen LogP contribution in [0.4, 0.5) is 0 Å². The molecule has 0 unspecified atom stereocenters. The first-order valence-corrected chi connectivity index (χ1v) is 17.9. The first-order chi connectivity index (χ1) is 24.3. The molecule has 0 radical (unpaired) electrons. The molecular weight excluding hydrogens is 673 g/mol. The fourth-order valence-electron chi connectivity index (χ4n) is 7.79. The van der Waals surface area contributed by atoms with Gasteiger partial charge in [0.1, 0.15) is 11.4 Å². The monoisotopic (exact) mass is 715 g/mol. The van der Waals surface area contributed by atoms with Crippen molar-refractivity contribution < 1.29 is 14.6 Å². The molecule has 262 valence electrons. The van der Waals surface area contributed by atoms with Crippen LogP contribution in [0.25, 0.3) is 33.6 Å². The Morgan fingerprint density at radius 1 is 0.940 bits per heavy atom. The van der Waals surface area contributed by atoms with Gasteiger partial charge in [0, 0.05) is 66.8 Å². The van der Waals surface area contributed by atoms with Gasteiger partial charge in [0.25, 0.3) is 0 Å². The number of aromatic nitrogens is 4. The zero-order chi connectivity index (χ0) is 34.8. The Balaban J connectivity index is 1.09. The van der Waals surface area contributed by atoms with Crippen molar-refractivity contribution in [2.75, 3.05) is 40.5 Å². The first-order valence-electron chi connectivity index (χ1n) is 17.2. The van der Waals surface area contributed by atoms with E-state index >= 15 is 0 Å². The molecule has 10 nitrogen and oxygen atoms in total. The van der Waals surface area contributed by atoms with Crippen molar-refractivity contribution >= 4 is 23.2 Å². The number of hydrogen-bond donors (Lipinski definition) is 3. The van der Waals surface area contributed by atoms with E-state index in [0.29, 0.717) is 69.2 Å². The summed E-state index contributed by atoms with van der Waals surface area (Å²) in [6.45, 7) is 8.31. The van der Waals surface area contributed by atoms with Gasteiger partial charge >= 0.3 is 0 Å². The summed E-state index contributed by atoms with van der Waals surface area (Å²) in [7, 11) is 3.22. The van der Waals surface area contributed by atoms with Gasteiger partial charge in [-0.1, -0.05) is 66.2 Å². The van der Waals surface area contributed by atoms with Crippen molar-refractivity contribution in [3.8, 4) is 45.4 Å². The Bertz CT molecular complexity index is 1880. The summed E-state index contributed by atoms with van der Waals surface area (Å²) in [5.41, 5.74) is 7.10. The Morgan fingerprint density at radius 3 is 2.12 bits per heavy atom. The SMILES string of the molecule is C=C1CC[C@@H](CNCc2ncc(-c3cccc(-c4cccc(-c5cnc(CN6CCC7(CC(CO)C7)C6)c(OC)n5)c4Cl)c3Cl)nc2OC)N1. The van der Waals surface area contributed by atoms with E-state index in [1.807, 2.05) is 36.4 Å². The molecule has 1 spiro atoms. The molecule has 4 heterocycles. The summed E-state index contributed by atoms with van der Waals surface area (Å²) >= 11 is 14.2. The number of nitrogens with zero attached hydrogens (tertiary/aromatic N) is 5. The topological polar surface area (TPSA) is 118 Å². The van der Waals surface area contributed by atoms with E-state index < -0.39 is 0 Å². The standard InChI is InChI=1S/C38H43Cl2N7O3/c1-23-10-11-25(44-23)16-41-17-32-36(49-2)45-30(18-42-32)28-8-4-6-26(34(28)39)27-7-5-9-29(35(27)40)31-19-43-33(37(46-31)50-3)20-47-13-12-38(22-47)14-24(15-38)21-48/h4-9,18-19,24-25,41,44,48H,1,10-17,20-22H2,2-3H3/t24?,25-,38?/m0/s1. The van der Waals surface area contributed by atoms with E-state index in [1.165, 1.54) is 0 Å². The molecule has 3 aliphatic rings. The molecule has 1 atom stereocenters. The number of hydrogen-bond acceptors (Lipinski definition) is 10. The van der Waals surface area contributed by atoms with Gasteiger partial charge in [-0.25, -0.2) is 9.97 Å². The Hall–Kier alpha value is -3.80. The number of rotatable bonds is 12. The number of methoxy groups -OCH3 is 2. The number of allylic oxidation sites excluding steroid dienone is 1. The average molecular weight is 717 g/mol. The summed E-state index contributed by atoms with van der Waals surface area (Å²) < 4.78 is 11.4. The predicted molar refractivity (Wildman–Crippen MR) is 196 cm³/mol. The lowest BCUT2D eigenvalue weighted by Crippen LogP contribution is -2.41. The summed E-state index contributed by atoms with van der Waals surface area (Å²) in [5.74, 6) is 1.38. The lowest BCUT2D eigenvalue weighted by atomic mass is 9.62.